The molecule has 0 saturated carbocycles. The van der Waals surface area contributed by atoms with E-state index in [0.717, 1.165) is 26.3 Å². The highest BCUT2D eigenvalue weighted by Crippen LogP contribution is 2.32. The number of hydrogen-bond donors (Lipinski definition) is 2. The molecule has 0 saturated heterocycles. The number of aryl methyl sites for hydroxylation is 1. The average molecular weight is 369 g/mol. The fraction of sp³-hybridized carbons (Fsp3) is 0.286. The van der Waals surface area contributed by atoms with Gasteiger partial charge in [0, 0.05) is 16.0 Å². The van der Waals surface area contributed by atoms with E-state index in [-0.39, 0.29) is 12.5 Å². The second-order valence-electron chi connectivity index (χ2n) is 6.55. The van der Waals surface area contributed by atoms with Gasteiger partial charge in [-0.2, -0.15) is 0 Å². The Morgan fingerprint density at radius 3 is 2.62 bits per heavy atom. The lowest BCUT2D eigenvalue weighted by Crippen LogP contribution is -2.38. The van der Waals surface area contributed by atoms with E-state index in [9.17, 15) is 9.90 Å². The number of fused-ring (bicyclic) bond motifs is 1. The predicted octanol–water partition coefficient (Wildman–Crippen LogP) is 3.87. The van der Waals surface area contributed by atoms with Crippen LogP contribution in [0.15, 0.2) is 54.6 Å². The van der Waals surface area contributed by atoms with Gasteiger partial charge in [-0.3, -0.25) is 4.79 Å². The third kappa shape index (κ3) is 4.42. The first-order chi connectivity index (χ1) is 12.5. The Morgan fingerprint density at radius 2 is 1.92 bits per heavy atom. The molecular formula is C21H23NO3S. The van der Waals surface area contributed by atoms with Crippen LogP contribution in [-0.2, 0) is 16.8 Å². The number of carbonyl (C=O) groups excluding carboxylic acids is 1. The van der Waals surface area contributed by atoms with Crippen molar-refractivity contribution in [1.82, 2.24) is 5.32 Å². The van der Waals surface area contributed by atoms with E-state index in [0.29, 0.717) is 12.8 Å². The Balaban J connectivity index is 1.53. The van der Waals surface area contributed by atoms with Crippen molar-refractivity contribution in [3.05, 3.63) is 65.0 Å². The lowest BCUT2D eigenvalue weighted by molar-refractivity contribution is -0.122. The molecule has 1 amide bonds. The van der Waals surface area contributed by atoms with E-state index in [4.69, 9.17) is 4.74 Å². The molecule has 1 atom stereocenters. The molecular weight excluding hydrogens is 346 g/mol. The zero-order valence-corrected chi connectivity index (χ0v) is 15.8. The predicted molar refractivity (Wildman–Crippen MR) is 106 cm³/mol. The van der Waals surface area contributed by atoms with Crippen molar-refractivity contribution in [2.75, 3.05) is 13.7 Å². The van der Waals surface area contributed by atoms with Crippen molar-refractivity contribution >= 4 is 27.3 Å². The summed E-state index contributed by atoms with van der Waals surface area (Å²) in [7, 11) is 1.63. The second-order valence-corrected chi connectivity index (χ2v) is 7.63. The van der Waals surface area contributed by atoms with Gasteiger partial charge in [-0.05, 0) is 48.6 Å². The Morgan fingerprint density at radius 1 is 1.19 bits per heavy atom. The van der Waals surface area contributed by atoms with Crippen molar-refractivity contribution in [1.29, 1.82) is 0 Å². The minimum atomic E-state index is -1.08. The smallest absolute Gasteiger partial charge is 0.220 e. The van der Waals surface area contributed by atoms with Crippen LogP contribution in [0.2, 0.25) is 0 Å². The summed E-state index contributed by atoms with van der Waals surface area (Å²) in [5.41, 5.74) is -0.00311. The van der Waals surface area contributed by atoms with E-state index in [1.807, 2.05) is 54.6 Å². The van der Waals surface area contributed by atoms with Crippen molar-refractivity contribution in [2.24, 2.45) is 0 Å². The minimum Gasteiger partial charge on any atom is -0.497 e. The molecule has 136 valence electrons. The molecule has 1 aromatic heterocycles. The molecule has 2 N–H and O–H groups in total. The molecule has 0 unspecified atom stereocenters. The number of amides is 1. The van der Waals surface area contributed by atoms with Crippen LogP contribution in [0.5, 0.6) is 5.75 Å². The average Bonchev–Trinajstić information content (AvgIpc) is 3.10. The molecule has 5 heteroatoms. The lowest BCUT2D eigenvalue weighted by Gasteiger charge is -2.22. The molecule has 26 heavy (non-hydrogen) atoms. The molecule has 0 fully saturated rings. The largest absolute Gasteiger partial charge is 0.497 e. The van der Waals surface area contributed by atoms with Gasteiger partial charge < -0.3 is 15.2 Å². The maximum Gasteiger partial charge on any atom is 0.220 e. The quantitative estimate of drug-likeness (QED) is 0.665. The number of rotatable bonds is 7. The summed E-state index contributed by atoms with van der Waals surface area (Å²) in [5.74, 6) is 0.736. The maximum atomic E-state index is 12.1. The third-order valence-electron chi connectivity index (χ3n) is 4.39. The summed E-state index contributed by atoms with van der Waals surface area (Å²) < 4.78 is 6.26. The lowest BCUT2D eigenvalue weighted by atomic mass is 10.0. The molecule has 0 aliphatic carbocycles. The SMILES string of the molecule is COc1ccc(CCC(=O)NC[C@@](C)(O)c2cc3ccccc3s2)cc1. The zero-order valence-electron chi connectivity index (χ0n) is 15.0. The number of aliphatic hydroxyl groups is 1. The summed E-state index contributed by atoms with van der Waals surface area (Å²) >= 11 is 1.56. The molecule has 0 aliphatic heterocycles. The summed E-state index contributed by atoms with van der Waals surface area (Å²) in [6.45, 7) is 1.93. The van der Waals surface area contributed by atoms with Gasteiger partial charge in [-0.15, -0.1) is 11.3 Å². The zero-order chi connectivity index (χ0) is 18.6. The number of benzene rings is 2. The van der Waals surface area contributed by atoms with E-state index < -0.39 is 5.60 Å². The second kappa shape index (κ2) is 7.89. The monoisotopic (exact) mass is 369 g/mol. The first kappa shape index (κ1) is 18.4. The van der Waals surface area contributed by atoms with Crippen LogP contribution < -0.4 is 10.1 Å². The van der Waals surface area contributed by atoms with Gasteiger partial charge in [0.05, 0.1) is 13.7 Å². The van der Waals surface area contributed by atoms with E-state index in [1.165, 1.54) is 0 Å². The molecule has 0 radical (unpaired) electrons. The van der Waals surface area contributed by atoms with E-state index >= 15 is 0 Å². The van der Waals surface area contributed by atoms with Gasteiger partial charge in [-0.25, -0.2) is 0 Å². The number of thiophene rings is 1. The number of ether oxygens (including phenoxy) is 1. The van der Waals surface area contributed by atoms with Crippen LogP contribution in [-0.4, -0.2) is 24.7 Å². The molecule has 0 spiro atoms. The molecule has 4 nitrogen and oxygen atoms in total. The fourth-order valence-corrected chi connectivity index (χ4v) is 3.85. The van der Waals surface area contributed by atoms with Crippen LogP contribution in [0.1, 0.15) is 23.8 Å². The first-order valence-electron chi connectivity index (χ1n) is 8.59. The van der Waals surface area contributed by atoms with Gasteiger partial charge in [0.2, 0.25) is 5.91 Å². The Bertz CT molecular complexity index is 851. The van der Waals surface area contributed by atoms with Gasteiger partial charge >= 0.3 is 0 Å². The Labute approximate surface area is 157 Å². The number of methoxy groups -OCH3 is 1. The molecule has 0 bridgehead atoms. The molecule has 3 rings (SSSR count). The molecule has 3 aromatic rings. The number of nitrogens with one attached hydrogen (secondary N) is 1. The number of carbonyl (C=O) groups is 1. The summed E-state index contributed by atoms with van der Waals surface area (Å²) in [6.07, 6.45) is 1.04. The molecule has 1 heterocycles. The Hall–Kier alpha value is -2.37. The number of hydrogen-bond acceptors (Lipinski definition) is 4. The normalized spacial score (nSPS) is 13.3. The van der Waals surface area contributed by atoms with Crippen LogP contribution in [0.3, 0.4) is 0 Å². The van der Waals surface area contributed by atoms with E-state index in [1.54, 1.807) is 25.4 Å². The molecule has 0 aliphatic rings. The third-order valence-corrected chi connectivity index (χ3v) is 5.76. The van der Waals surface area contributed by atoms with Crippen molar-refractivity contribution in [3.63, 3.8) is 0 Å². The summed E-state index contributed by atoms with van der Waals surface area (Å²) in [4.78, 5) is 13.0. The van der Waals surface area contributed by atoms with Crippen molar-refractivity contribution < 1.29 is 14.6 Å². The van der Waals surface area contributed by atoms with Crippen LogP contribution >= 0.6 is 11.3 Å². The highest BCUT2D eigenvalue weighted by Gasteiger charge is 2.26. The molecule has 2 aromatic carbocycles. The summed E-state index contributed by atoms with van der Waals surface area (Å²) in [6, 6.07) is 17.7. The topological polar surface area (TPSA) is 58.6 Å². The van der Waals surface area contributed by atoms with E-state index in [2.05, 4.69) is 5.32 Å². The standard InChI is InChI=1S/C21H23NO3S/c1-21(24,19-13-16-5-3-4-6-18(16)26-19)14-22-20(23)12-9-15-7-10-17(25-2)11-8-15/h3-8,10-11,13,24H,9,12,14H2,1-2H3,(H,22,23)/t21-/m1/s1. The van der Waals surface area contributed by atoms with Crippen LogP contribution in [0, 0.1) is 0 Å². The van der Waals surface area contributed by atoms with Gasteiger partial charge in [0.1, 0.15) is 11.4 Å². The maximum absolute atomic E-state index is 12.1. The van der Waals surface area contributed by atoms with Crippen molar-refractivity contribution in [3.8, 4) is 5.75 Å². The Kier molecular flexibility index (Phi) is 5.59. The summed E-state index contributed by atoms with van der Waals surface area (Å²) in [5, 5.41) is 14.7. The van der Waals surface area contributed by atoms with Crippen LogP contribution in [0.25, 0.3) is 10.1 Å². The van der Waals surface area contributed by atoms with Gasteiger partial charge in [0.15, 0.2) is 0 Å². The van der Waals surface area contributed by atoms with Gasteiger partial charge in [0.25, 0.3) is 0 Å². The fourth-order valence-electron chi connectivity index (χ4n) is 2.74. The van der Waals surface area contributed by atoms with Gasteiger partial charge in [-0.1, -0.05) is 30.3 Å². The highest BCUT2D eigenvalue weighted by atomic mass is 32.1. The minimum absolute atomic E-state index is 0.0674. The van der Waals surface area contributed by atoms with Crippen LogP contribution in [0.4, 0.5) is 0 Å². The highest BCUT2D eigenvalue weighted by molar-refractivity contribution is 7.19. The van der Waals surface area contributed by atoms with Crippen molar-refractivity contribution in [2.45, 2.75) is 25.4 Å². The first-order valence-corrected chi connectivity index (χ1v) is 9.41.